The van der Waals surface area contributed by atoms with Gasteiger partial charge in [-0.25, -0.2) is 22.5 Å². The highest BCUT2D eigenvalue weighted by molar-refractivity contribution is 7.89. The van der Waals surface area contributed by atoms with E-state index in [1.807, 2.05) is 0 Å². The number of pyridine rings is 1. The Hall–Kier alpha value is -2.37. The van der Waals surface area contributed by atoms with Gasteiger partial charge in [0.1, 0.15) is 40.9 Å². The molecule has 1 amide bonds. The molecule has 8 nitrogen and oxygen atoms in total. The molecule has 1 aromatic heterocycles. The summed E-state index contributed by atoms with van der Waals surface area (Å²) in [6.07, 6.45) is 0.527. The largest absolute Gasteiger partial charge is 0.515 e. The van der Waals surface area contributed by atoms with Gasteiger partial charge in [-0.05, 0) is 49.0 Å². The number of halogens is 1. The molecule has 1 saturated heterocycles. The Morgan fingerprint density at radius 1 is 1.29 bits per heavy atom. The number of sulfonamides is 1. The lowest BCUT2D eigenvalue weighted by molar-refractivity contribution is 0.102. The first-order valence-electron chi connectivity index (χ1n) is 9.19. The molecule has 0 aliphatic carbocycles. The SMILES string of the molecule is [B]C([B])([B])Oc1ccc(S(=O)(=O)N[C@H]2CCOC2)cc1C(=O)Nc1ccc(F)c(C)n1. The first-order valence-corrected chi connectivity index (χ1v) is 10.7. The van der Waals surface area contributed by atoms with E-state index in [0.717, 1.165) is 12.1 Å². The van der Waals surface area contributed by atoms with Crippen LogP contribution in [-0.4, -0.2) is 67.4 Å². The predicted molar refractivity (Wildman–Crippen MR) is 113 cm³/mol. The molecule has 2 N–H and O–H groups in total. The third-order valence-electron chi connectivity index (χ3n) is 4.31. The maximum absolute atomic E-state index is 13.4. The van der Waals surface area contributed by atoms with Gasteiger partial charge in [0, 0.05) is 12.6 Å². The molecule has 1 aliphatic heterocycles. The smallest absolute Gasteiger partial charge is 0.260 e. The molecule has 0 bridgehead atoms. The van der Waals surface area contributed by atoms with Crippen molar-refractivity contribution >= 4 is 45.3 Å². The van der Waals surface area contributed by atoms with Gasteiger partial charge in [0.25, 0.3) is 5.91 Å². The Morgan fingerprint density at radius 3 is 2.65 bits per heavy atom. The maximum Gasteiger partial charge on any atom is 0.260 e. The summed E-state index contributed by atoms with van der Waals surface area (Å²) in [6, 6.07) is 5.52. The molecule has 0 spiro atoms. The van der Waals surface area contributed by atoms with E-state index in [1.54, 1.807) is 0 Å². The number of carbonyl (C=O) groups excluding carboxylic acids is 1. The fraction of sp³-hybridized carbons (Fsp3) is 0.333. The summed E-state index contributed by atoms with van der Waals surface area (Å²) in [5.74, 6) is -1.45. The highest BCUT2D eigenvalue weighted by Gasteiger charge is 2.26. The first kappa shape index (κ1) is 23.3. The predicted octanol–water partition coefficient (Wildman–Crippen LogP) is 0.344. The second kappa shape index (κ2) is 9.01. The molecule has 156 valence electrons. The molecule has 0 saturated carbocycles. The topological polar surface area (TPSA) is 107 Å². The van der Waals surface area contributed by atoms with E-state index in [1.165, 1.54) is 25.1 Å². The average Bonchev–Trinajstić information content (AvgIpc) is 3.16. The van der Waals surface area contributed by atoms with Crippen LogP contribution in [0, 0.1) is 12.7 Å². The van der Waals surface area contributed by atoms with Crippen molar-refractivity contribution in [1.82, 2.24) is 9.71 Å². The van der Waals surface area contributed by atoms with Crippen LogP contribution >= 0.6 is 0 Å². The molecule has 3 rings (SSSR count). The van der Waals surface area contributed by atoms with Crippen molar-refractivity contribution in [3.63, 3.8) is 0 Å². The van der Waals surface area contributed by atoms with Crippen LogP contribution in [0.1, 0.15) is 22.5 Å². The van der Waals surface area contributed by atoms with Crippen molar-refractivity contribution in [2.75, 3.05) is 18.5 Å². The number of hydrogen-bond acceptors (Lipinski definition) is 6. The molecule has 1 atom stereocenters. The number of nitrogens with zero attached hydrogens (tertiary/aromatic N) is 1. The van der Waals surface area contributed by atoms with Crippen LogP contribution in [0.15, 0.2) is 35.2 Å². The zero-order chi connectivity index (χ0) is 22.8. The molecular formula is C18H17B3FN3O5S. The number of aromatic nitrogens is 1. The third kappa shape index (κ3) is 6.08. The Bertz CT molecular complexity index is 1090. The molecular weight excluding hydrogens is 422 g/mol. The molecule has 13 heteroatoms. The van der Waals surface area contributed by atoms with E-state index in [2.05, 4.69) is 15.0 Å². The first-order chi connectivity index (χ1) is 14.4. The number of aryl methyl sites for hydroxylation is 1. The average molecular weight is 439 g/mol. The van der Waals surface area contributed by atoms with E-state index in [9.17, 15) is 17.6 Å². The van der Waals surface area contributed by atoms with Crippen LogP contribution in [0.25, 0.3) is 0 Å². The van der Waals surface area contributed by atoms with Crippen molar-refractivity contribution in [2.45, 2.75) is 29.6 Å². The Kier molecular flexibility index (Phi) is 6.78. The second-order valence-corrected chi connectivity index (χ2v) is 8.73. The van der Waals surface area contributed by atoms with Gasteiger partial charge in [0.2, 0.25) is 10.0 Å². The summed E-state index contributed by atoms with van der Waals surface area (Å²) in [7, 11) is 12.4. The van der Waals surface area contributed by atoms with Crippen LogP contribution < -0.4 is 14.8 Å². The minimum atomic E-state index is -3.97. The summed E-state index contributed by atoms with van der Waals surface area (Å²) in [5.41, 5.74) is -0.154. The summed E-state index contributed by atoms with van der Waals surface area (Å²) < 4.78 is 51.8. The van der Waals surface area contributed by atoms with Crippen molar-refractivity contribution in [3.05, 3.63) is 47.4 Å². The third-order valence-corrected chi connectivity index (χ3v) is 5.83. The van der Waals surface area contributed by atoms with E-state index >= 15 is 0 Å². The Balaban J connectivity index is 1.94. The molecule has 1 fully saturated rings. The highest BCUT2D eigenvalue weighted by atomic mass is 32.2. The van der Waals surface area contributed by atoms with Gasteiger partial charge in [0.15, 0.2) is 0 Å². The fourth-order valence-corrected chi connectivity index (χ4v) is 4.13. The van der Waals surface area contributed by atoms with Gasteiger partial charge in [-0.1, -0.05) is 0 Å². The maximum atomic E-state index is 13.4. The molecule has 2 aromatic rings. The minimum Gasteiger partial charge on any atom is -0.515 e. The van der Waals surface area contributed by atoms with Gasteiger partial charge in [0.05, 0.1) is 22.8 Å². The Labute approximate surface area is 183 Å². The number of nitrogens with one attached hydrogen (secondary N) is 2. The van der Waals surface area contributed by atoms with E-state index < -0.39 is 27.0 Å². The Morgan fingerprint density at radius 2 is 2.03 bits per heavy atom. The number of anilines is 1. The number of amides is 1. The number of ether oxygens (including phenoxy) is 2. The standard InChI is InChI=1S/C18H17B3FN3O5S/c1-10-14(22)3-5-16(23-10)24-17(26)13-8-12(2-4-15(13)30-18(19,20)21)31(27,28)25-11-6-7-29-9-11/h2-5,8,11,25H,6-7,9H2,1H3,(H,23,24,26)/t11-/m0/s1. The summed E-state index contributed by atoms with van der Waals surface area (Å²) in [6.45, 7) is 2.12. The summed E-state index contributed by atoms with van der Waals surface area (Å²) in [5, 5.41) is 0.324. The zero-order valence-corrected chi connectivity index (χ0v) is 17.4. The number of rotatable bonds is 7. The van der Waals surface area contributed by atoms with Gasteiger partial charge in [-0.3, -0.25) is 4.79 Å². The fourth-order valence-electron chi connectivity index (χ4n) is 2.85. The lowest BCUT2D eigenvalue weighted by Crippen LogP contribution is -2.38. The quantitative estimate of drug-likeness (QED) is 0.604. The van der Waals surface area contributed by atoms with E-state index in [-0.39, 0.29) is 40.4 Å². The van der Waals surface area contributed by atoms with Crippen molar-refractivity contribution in [2.24, 2.45) is 0 Å². The van der Waals surface area contributed by atoms with Gasteiger partial charge < -0.3 is 14.8 Å². The minimum absolute atomic E-state index is 0.0452. The summed E-state index contributed by atoms with van der Waals surface area (Å²) >= 11 is 0. The monoisotopic (exact) mass is 439 g/mol. The molecule has 6 radical (unpaired) electrons. The van der Waals surface area contributed by atoms with Gasteiger partial charge in [-0.2, -0.15) is 0 Å². The van der Waals surface area contributed by atoms with Crippen molar-refractivity contribution in [1.29, 1.82) is 0 Å². The molecule has 1 aromatic carbocycles. The number of carbonyl (C=O) groups is 1. The molecule has 31 heavy (non-hydrogen) atoms. The lowest BCUT2D eigenvalue weighted by atomic mass is 9.52. The van der Waals surface area contributed by atoms with Gasteiger partial charge >= 0.3 is 0 Å². The van der Waals surface area contributed by atoms with Crippen molar-refractivity contribution in [3.8, 4) is 5.75 Å². The summed E-state index contributed by atoms with van der Waals surface area (Å²) in [4.78, 5) is 16.6. The van der Waals surface area contributed by atoms with E-state index in [0.29, 0.717) is 13.0 Å². The molecule has 1 aliphatic rings. The normalized spacial score (nSPS) is 16.8. The second-order valence-electron chi connectivity index (χ2n) is 7.01. The van der Waals surface area contributed by atoms with Crippen LogP contribution in [0.2, 0.25) is 0 Å². The highest BCUT2D eigenvalue weighted by Crippen LogP contribution is 2.26. The molecule has 2 heterocycles. The van der Waals surface area contributed by atoms with Crippen LogP contribution in [0.4, 0.5) is 10.2 Å². The van der Waals surface area contributed by atoms with Crippen LogP contribution in [-0.2, 0) is 14.8 Å². The number of benzene rings is 1. The molecule has 0 unspecified atom stereocenters. The van der Waals surface area contributed by atoms with Gasteiger partial charge in [-0.15, -0.1) is 0 Å². The van der Waals surface area contributed by atoms with E-state index in [4.69, 9.17) is 33.0 Å². The lowest BCUT2D eigenvalue weighted by Gasteiger charge is -2.25. The zero-order valence-electron chi connectivity index (χ0n) is 16.6. The number of hydrogen-bond donors (Lipinski definition) is 2. The van der Waals surface area contributed by atoms with Crippen molar-refractivity contribution < 1.29 is 27.1 Å². The van der Waals surface area contributed by atoms with Crippen LogP contribution in [0.3, 0.4) is 0 Å². The van der Waals surface area contributed by atoms with Crippen LogP contribution in [0.5, 0.6) is 5.75 Å².